The summed E-state index contributed by atoms with van der Waals surface area (Å²) in [6.07, 6.45) is 5.43. The lowest BCUT2D eigenvalue weighted by atomic mass is 9.98. The number of carbonyl (C=O) groups excluding carboxylic acids is 2. The van der Waals surface area contributed by atoms with E-state index in [-0.39, 0.29) is 24.9 Å². The van der Waals surface area contributed by atoms with Crippen LogP contribution in [0.2, 0.25) is 0 Å². The third kappa shape index (κ3) is 5.67. The summed E-state index contributed by atoms with van der Waals surface area (Å²) in [4.78, 5) is 24.1. The van der Waals surface area contributed by atoms with Gasteiger partial charge in [0, 0.05) is 5.57 Å². The summed E-state index contributed by atoms with van der Waals surface area (Å²) in [5.74, 6) is -0.756. The Hall–Kier alpha value is -2.66. The van der Waals surface area contributed by atoms with Crippen LogP contribution in [0.1, 0.15) is 44.1 Å². The van der Waals surface area contributed by atoms with E-state index < -0.39 is 11.9 Å². The molecule has 0 saturated heterocycles. The molecular formula is C23H26O5. The van der Waals surface area contributed by atoms with E-state index in [1.54, 1.807) is 12.1 Å². The average Bonchev–Trinajstić information content (AvgIpc) is 2.68. The molecule has 5 nitrogen and oxygen atoms in total. The predicted octanol–water partition coefficient (Wildman–Crippen LogP) is 4.85. The number of ether oxygens (including phenoxy) is 3. The molecule has 0 aliphatic heterocycles. The van der Waals surface area contributed by atoms with Gasteiger partial charge in [0.15, 0.2) is 6.79 Å². The van der Waals surface area contributed by atoms with E-state index in [4.69, 9.17) is 14.2 Å². The van der Waals surface area contributed by atoms with Crippen molar-refractivity contribution in [2.75, 3.05) is 6.79 Å². The average molecular weight is 382 g/mol. The minimum atomic E-state index is -0.637. The fourth-order valence-corrected chi connectivity index (χ4v) is 3.34. The molecule has 0 atom stereocenters. The van der Waals surface area contributed by atoms with E-state index in [0.29, 0.717) is 5.75 Å². The number of hydrogen-bond acceptors (Lipinski definition) is 5. The molecule has 0 heterocycles. The summed E-state index contributed by atoms with van der Waals surface area (Å²) in [5, 5.41) is 2.06. The van der Waals surface area contributed by atoms with Crippen LogP contribution in [0.5, 0.6) is 5.75 Å². The Morgan fingerprint density at radius 2 is 1.79 bits per heavy atom. The highest BCUT2D eigenvalue weighted by molar-refractivity contribution is 5.94. The lowest BCUT2D eigenvalue weighted by Gasteiger charge is -2.21. The summed E-state index contributed by atoms with van der Waals surface area (Å²) in [6.45, 7) is 5.53. The van der Waals surface area contributed by atoms with Crippen molar-refractivity contribution in [2.45, 2.75) is 51.6 Å². The van der Waals surface area contributed by atoms with Gasteiger partial charge >= 0.3 is 11.9 Å². The van der Waals surface area contributed by atoms with Crippen molar-refractivity contribution in [2.24, 2.45) is 0 Å². The van der Waals surface area contributed by atoms with Crippen molar-refractivity contribution in [1.29, 1.82) is 0 Å². The Kier molecular flexibility index (Phi) is 6.82. The number of esters is 2. The minimum absolute atomic E-state index is 0.0499. The van der Waals surface area contributed by atoms with Crippen molar-refractivity contribution >= 4 is 22.7 Å². The van der Waals surface area contributed by atoms with Gasteiger partial charge in [0.1, 0.15) is 5.75 Å². The zero-order valence-corrected chi connectivity index (χ0v) is 16.2. The van der Waals surface area contributed by atoms with E-state index in [0.717, 1.165) is 42.0 Å². The standard InChI is InChI=1S/C23H26O5/c1-16-8-9-18-10-11-21(14-19(18)12-16)28-22(24)13-17(2)23(25)27-15-26-20-6-4-3-5-7-20/h8-12,14,20H,2-7,13,15H2,1H3. The van der Waals surface area contributed by atoms with E-state index in [1.807, 2.05) is 31.2 Å². The first kappa shape index (κ1) is 20.1. The predicted molar refractivity (Wildman–Crippen MR) is 107 cm³/mol. The smallest absolute Gasteiger partial charge is 0.336 e. The molecule has 0 N–H and O–H groups in total. The third-order valence-electron chi connectivity index (χ3n) is 4.89. The van der Waals surface area contributed by atoms with Gasteiger partial charge in [-0.15, -0.1) is 0 Å². The number of benzene rings is 2. The molecule has 0 radical (unpaired) electrons. The van der Waals surface area contributed by atoms with Crippen LogP contribution in [0.15, 0.2) is 48.6 Å². The van der Waals surface area contributed by atoms with Crippen molar-refractivity contribution < 1.29 is 23.8 Å². The van der Waals surface area contributed by atoms with Gasteiger partial charge < -0.3 is 14.2 Å². The molecule has 3 rings (SSSR count). The first-order valence-corrected chi connectivity index (χ1v) is 9.69. The Bertz CT molecular complexity index is 864. The molecular weight excluding hydrogens is 356 g/mol. The number of carbonyl (C=O) groups is 2. The van der Waals surface area contributed by atoms with Crippen molar-refractivity contribution in [1.82, 2.24) is 0 Å². The van der Waals surface area contributed by atoms with Gasteiger partial charge in [-0.2, -0.15) is 0 Å². The first-order valence-electron chi connectivity index (χ1n) is 9.69. The topological polar surface area (TPSA) is 61.8 Å². The molecule has 2 aromatic carbocycles. The maximum Gasteiger partial charge on any atom is 0.336 e. The second kappa shape index (κ2) is 9.51. The molecule has 5 heteroatoms. The largest absolute Gasteiger partial charge is 0.435 e. The molecule has 0 unspecified atom stereocenters. The van der Waals surface area contributed by atoms with Gasteiger partial charge in [0.25, 0.3) is 0 Å². The molecule has 1 fully saturated rings. The molecule has 0 amide bonds. The normalized spacial score (nSPS) is 14.6. The second-order valence-corrected chi connectivity index (χ2v) is 7.24. The minimum Gasteiger partial charge on any atom is -0.435 e. The molecule has 1 aliphatic carbocycles. The number of hydrogen-bond donors (Lipinski definition) is 0. The highest BCUT2D eigenvalue weighted by atomic mass is 16.7. The van der Waals surface area contributed by atoms with Gasteiger partial charge in [0.2, 0.25) is 0 Å². The number of rotatable bonds is 7. The van der Waals surface area contributed by atoms with Crippen LogP contribution in [0.25, 0.3) is 10.8 Å². The van der Waals surface area contributed by atoms with Gasteiger partial charge in [-0.3, -0.25) is 4.79 Å². The number of aryl methyl sites for hydroxylation is 1. The quantitative estimate of drug-likeness (QED) is 0.296. The number of fused-ring (bicyclic) bond motifs is 1. The maximum atomic E-state index is 12.1. The van der Waals surface area contributed by atoms with E-state index in [1.165, 1.54) is 6.42 Å². The van der Waals surface area contributed by atoms with Crippen molar-refractivity contribution in [3.63, 3.8) is 0 Å². The second-order valence-electron chi connectivity index (χ2n) is 7.24. The van der Waals surface area contributed by atoms with Crippen LogP contribution in [0, 0.1) is 6.92 Å². The third-order valence-corrected chi connectivity index (χ3v) is 4.89. The monoisotopic (exact) mass is 382 g/mol. The Labute approximate surface area is 165 Å². The van der Waals surface area contributed by atoms with E-state index in [2.05, 4.69) is 6.58 Å². The molecule has 1 saturated carbocycles. The molecule has 0 spiro atoms. The Morgan fingerprint density at radius 1 is 1.04 bits per heavy atom. The summed E-state index contributed by atoms with van der Waals surface area (Å²) < 4.78 is 16.0. The molecule has 0 bridgehead atoms. The molecule has 1 aliphatic rings. The van der Waals surface area contributed by atoms with Crippen LogP contribution >= 0.6 is 0 Å². The fourth-order valence-electron chi connectivity index (χ4n) is 3.34. The lowest BCUT2D eigenvalue weighted by Crippen LogP contribution is -2.21. The van der Waals surface area contributed by atoms with Gasteiger partial charge in [-0.25, -0.2) is 4.79 Å². The van der Waals surface area contributed by atoms with Crippen molar-refractivity contribution in [3.8, 4) is 5.75 Å². The van der Waals surface area contributed by atoms with E-state index >= 15 is 0 Å². The molecule has 148 valence electrons. The molecule has 0 aromatic heterocycles. The van der Waals surface area contributed by atoms with Crippen molar-refractivity contribution in [3.05, 3.63) is 54.1 Å². The Balaban J connectivity index is 1.45. The van der Waals surface area contributed by atoms with Crippen LogP contribution in [-0.4, -0.2) is 24.8 Å². The Morgan fingerprint density at radius 3 is 2.57 bits per heavy atom. The van der Waals surface area contributed by atoms with E-state index in [9.17, 15) is 9.59 Å². The highest BCUT2D eigenvalue weighted by Gasteiger charge is 2.17. The van der Waals surface area contributed by atoms with Crippen LogP contribution in [0.3, 0.4) is 0 Å². The lowest BCUT2D eigenvalue weighted by molar-refractivity contribution is -0.158. The fraction of sp³-hybridized carbons (Fsp3) is 0.391. The highest BCUT2D eigenvalue weighted by Crippen LogP contribution is 2.23. The first-order chi connectivity index (χ1) is 13.5. The van der Waals surface area contributed by atoms with Crippen LogP contribution in [-0.2, 0) is 19.1 Å². The SMILES string of the molecule is C=C(CC(=O)Oc1ccc2ccc(C)cc2c1)C(=O)OCOC1CCCCC1. The summed E-state index contributed by atoms with van der Waals surface area (Å²) >= 11 is 0. The summed E-state index contributed by atoms with van der Waals surface area (Å²) in [5.41, 5.74) is 1.18. The van der Waals surface area contributed by atoms with Gasteiger partial charge in [0.05, 0.1) is 12.5 Å². The van der Waals surface area contributed by atoms with Gasteiger partial charge in [-0.1, -0.05) is 55.7 Å². The van der Waals surface area contributed by atoms with Gasteiger partial charge in [-0.05, 0) is 42.7 Å². The zero-order valence-electron chi connectivity index (χ0n) is 16.2. The molecule has 28 heavy (non-hydrogen) atoms. The maximum absolute atomic E-state index is 12.1. The summed E-state index contributed by atoms with van der Waals surface area (Å²) in [7, 11) is 0. The van der Waals surface area contributed by atoms with Crippen LogP contribution < -0.4 is 4.74 Å². The van der Waals surface area contributed by atoms with Crippen LogP contribution in [0.4, 0.5) is 0 Å². The summed E-state index contributed by atoms with van der Waals surface area (Å²) in [6, 6.07) is 11.5. The zero-order chi connectivity index (χ0) is 19.9. The molecule has 2 aromatic rings.